The third kappa shape index (κ3) is 2.04. The van der Waals surface area contributed by atoms with Gasteiger partial charge in [-0.1, -0.05) is 15.9 Å². The van der Waals surface area contributed by atoms with E-state index in [-0.39, 0.29) is 5.56 Å². The van der Waals surface area contributed by atoms with Crippen molar-refractivity contribution in [2.24, 2.45) is 0 Å². The van der Waals surface area contributed by atoms with Gasteiger partial charge in [0.1, 0.15) is 11.6 Å². The molecule has 0 aliphatic heterocycles. The number of nitriles is 1. The van der Waals surface area contributed by atoms with Gasteiger partial charge in [0.25, 0.3) is 0 Å². The molecule has 0 heterocycles. The molecule has 0 aromatic heterocycles. The summed E-state index contributed by atoms with van der Waals surface area (Å²) in [6.45, 7) is 1.45. The molecule has 1 nitrogen and oxygen atoms in total. The molecular weight excluding hydrogens is 240 g/mol. The summed E-state index contributed by atoms with van der Waals surface area (Å²) in [5.74, 6) is -2.16. The Morgan fingerprint density at radius 2 is 1.85 bits per heavy atom. The minimum atomic E-state index is -0.770. The zero-order chi connectivity index (χ0) is 10.0. The molecule has 0 N–H and O–H groups in total. The van der Waals surface area contributed by atoms with E-state index in [9.17, 15) is 8.78 Å². The second-order valence-corrected chi connectivity index (χ2v) is 3.55. The first kappa shape index (κ1) is 10.1. The molecular formula is C9H6BrF2N. The van der Waals surface area contributed by atoms with Gasteiger partial charge in [0.15, 0.2) is 0 Å². The van der Waals surface area contributed by atoms with E-state index in [0.29, 0.717) is 4.47 Å². The second-order valence-electron chi connectivity index (χ2n) is 2.63. The Bertz CT molecular complexity index is 347. The molecule has 0 spiro atoms. The normalized spacial score (nSPS) is 12.2. The van der Waals surface area contributed by atoms with E-state index in [2.05, 4.69) is 15.9 Å². The van der Waals surface area contributed by atoms with Crippen LogP contribution >= 0.6 is 15.9 Å². The fourth-order valence-electron chi connectivity index (χ4n) is 1.03. The Morgan fingerprint density at radius 3 is 2.23 bits per heavy atom. The smallest absolute Gasteiger partial charge is 0.131 e. The van der Waals surface area contributed by atoms with Gasteiger partial charge in [0, 0.05) is 10.0 Å². The molecule has 1 atom stereocenters. The van der Waals surface area contributed by atoms with Crippen LogP contribution in [0.25, 0.3) is 0 Å². The zero-order valence-electron chi connectivity index (χ0n) is 6.81. The summed E-state index contributed by atoms with van der Waals surface area (Å²) in [5.41, 5.74) is -0.175. The summed E-state index contributed by atoms with van der Waals surface area (Å²) >= 11 is 2.96. The van der Waals surface area contributed by atoms with Crippen LogP contribution in [0.4, 0.5) is 8.78 Å². The van der Waals surface area contributed by atoms with Crippen LogP contribution < -0.4 is 0 Å². The molecule has 0 aliphatic rings. The van der Waals surface area contributed by atoms with E-state index in [1.807, 2.05) is 0 Å². The Labute approximate surface area is 83.1 Å². The quantitative estimate of drug-likeness (QED) is 0.745. The number of benzene rings is 1. The van der Waals surface area contributed by atoms with E-state index in [4.69, 9.17) is 5.26 Å². The van der Waals surface area contributed by atoms with Crippen molar-refractivity contribution in [2.45, 2.75) is 12.8 Å². The summed E-state index contributed by atoms with van der Waals surface area (Å²) < 4.78 is 26.6. The lowest BCUT2D eigenvalue weighted by Gasteiger charge is -2.06. The van der Waals surface area contributed by atoms with Crippen molar-refractivity contribution in [1.29, 1.82) is 5.26 Å². The Morgan fingerprint density at radius 1 is 1.38 bits per heavy atom. The van der Waals surface area contributed by atoms with Crippen LogP contribution in [0.5, 0.6) is 0 Å². The van der Waals surface area contributed by atoms with Crippen LogP contribution in [0.1, 0.15) is 18.4 Å². The average molecular weight is 246 g/mol. The molecule has 1 aromatic rings. The molecule has 0 bridgehead atoms. The molecule has 0 saturated heterocycles. The molecule has 1 rings (SSSR count). The Kier molecular flexibility index (Phi) is 2.99. The molecule has 0 radical (unpaired) electrons. The van der Waals surface area contributed by atoms with E-state index in [1.165, 1.54) is 6.92 Å². The number of nitrogens with zero attached hydrogens (tertiary/aromatic N) is 1. The summed E-state index contributed by atoms with van der Waals surface area (Å²) in [6.07, 6.45) is 0. The van der Waals surface area contributed by atoms with Crippen molar-refractivity contribution in [3.05, 3.63) is 33.8 Å². The lowest BCUT2D eigenvalue weighted by atomic mass is 10.0. The fourth-order valence-corrected chi connectivity index (χ4v) is 1.43. The van der Waals surface area contributed by atoms with Gasteiger partial charge in [-0.15, -0.1) is 0 Å². The minimum absolute atomic E-state index is 0.175. The molecule has 0 aliphatic carbocycles. The van der Waals surface area contributed by atoms with E-state index in [1.54, 1.807) is 6.07 Å². The summed E-state index contributed by atoms with van der Waals surface area (Å²) in [6, 6.07) is 4.08. The Hall–Kier alpha value is -0.950. The van der Waals surface area contributed by atoms with Crippen LogP contribution in [0.3, 0.4) is 0 Å². The van der Waals surface area contributed by atoms with Gasteiger partial charge in [-0.3, -0.25) is 0 Å². The largest absolute Gasteiger partial charge is 0.206 e. The SMILES string of the molecule is CC(C#N)c1c(F)cc(Br)cc1F. The highest BCUT2D eigenvalue weighted by Gasteiger charge is 2.16. The predicted octanol–water partition coefficient (Wildman–Crippen LogP) is 3.35. The van der Waals surface area contributed by atoms with Crippen LogP contribution in [-0.2, 0) is 0 Å². The third-order valence-corrected chi connectivity index (χ3v) is 2.13. The predicted molar refractivity (Wildman–Crippen MR) is 48.1 cm³/mol. The second kappa shape index (κ2) is 3.84. The molecule has 0 amide bonds. The first-order chi connectivity index (χ1) is 6.06. The molecule has 1 unspecified atom stereocenters. The highest BCUT2D eigenvalue weighted by atomic mass is 79.9. The topological polar surface area (TPSA) is 23.8 Å². The molecule has 0 saturated carbocycles. The Balaban J connectivity index is 3.30. The van der Waals surface area contributed by atoms with Crippen LogP contribution in [0, 0.1) is 23.0 Å². The van der Waals surface area contributed by atoms with Crippen molar-refractivity contribution in [2.75, 3.05) is 0 Å². The summed E-state index contributed by atoms with van der Waals surface area (Å²) in [5, 5.41) is 8.51. The van der Waals surface area contributed by atoms with Gasteiger partial charge in [0.05, 0.1) is 12.0 Å². The number of rotatable bonds is 1. The number of hydrogen-bond donors (Lipinski definition) is 0. The van der Waals surface area contributed by atoms with Gasteiger partial charge in [-0.25, -0.2) is 8.78 Å². The van der Waals surface area contributed by atoms with E-state index < -0.39 is 17.6 Å². The van der Waals surface area contributed by atoms with Gasteiger partial charge < -0.3 is 0 Å². The van der Waals surface area contributed by atoms with E-state index >= 15 is 0 Å². The van der Waals surface area contributed by atoms with Crippen molar-refractivity contribution in [3.8, 4) is 6.07 Å². The number of hydrogen-bond acceptors (Lipinski definition) is 1. The lowest BCUT2D eigenvalue weighted by molar-refractivity contribution is 0.550. The zero-order valence-corrected chi connectivity index (χ0v) is 8.40. The van der Waals surface area contributed by atoms with Crippen LogP contribution in [-0.4, -0.2) is 0 Å². The minimum Gasteiger partial charge on any atom is -0.206 e. The van der Waals surface area contributed by atoms with Crippen molar-refractivity contribution < 1.29 is 8.78 Å². The fraction of sp³-hybridized carbons (Fsp3) is 0.222. The monoisotopic (exact) mass is 245 g/mol. The van der Waals surface area contributed by atoms with Gasteiger partial charge >= 0.3 is 0 Å². The highest BCUT2D eigenvalue weighted by Crippen LogP contribution is 2.25. The van der Waals surface area contributed by atoms with Crippen LogP contribution in [0.15, 0.2) is 16.6 Å². The van der Waals surface area contributed by atoms with Gasteiger partial charge in [-0.05, 0) is 19.1 Å². The van der Waals surface area contributed by atoms with Crippen molar-refractivity contribution >= 4 is 15.9 Å². The maximum absolute atomic E-state index is 13.1. The lowest BCUT2D eigenvalue weighted by Crippen LogP contribution is -1.99. The average Bonchev–Trinajstić information content (AvgIpc) is 2.02. The maximum Gasteiger partial charge on any atom is 0.131 e. The first-order valence-corrected chi connectivity index (χ1v) is 4.39. The molecule has 68 valence electrons. The molecule has 0 fully saturated rings. The van der Waals surface area contributed by atoms with Crippen molar-refractivity contribution in [3.63, 3.8) is 0 Å². The molecule has 1 aromatic carbocycles. The standard InChI is InChI=1S/C9H6BrF2N/c1-5(4-13)9-7(11)2-6(10)3-8(9)12/h2-3,5H,1H3. The highest BCUT2D eigenvalue weighted by molar-refractivity contribution is 9.10. The van der Waals surface area contributed by atoms with Crippen LogP contribution in [0.2, 0.25) is 0 Å². The number of halogens is 3. The summed E-state index contributed by atoms with van der Waals surface area (Å²) in [4.78, 5) is 0. The van der Waals surface area contributed by atoms with E-state index in [0.717, 1.165) is 12.1 Å². The summed E-state index contributed by atoms with van der Waals surface area (Å²) in [7, 11) is 0. The molecule has 4 heteroatoms. The third-order valence-electron chi connectivity index (χ3n) is 1.67. The van der Waals surface area contributed by atoms with Gasteiger partial charge in [0.2, 0.25) is 0 Å². The first-order valence-electron chi connectivity index (χ1n) is 3.60. The maximum atomic E-state index is 13.1. The van der Waals surface area contributed by atoms with Gasteiger partial charge in [-0.2, -0.15) is 5.26 Å². The molecule has 13 heavy (non-hydrogen) atoms. The van der Waals surface area contributed by atoms with Crippen molar-refractivity contribution in [1.82, 2.24) is 0 Å².